The van der Waals surface area contributed by atoms with Crippen LogP contribution in [-0.2, 0) is 11.8 Å². The Hall–Kier alpha value is -6.77. The number of nitrogens with zero attached hydrogens (tertiary/aromatic N) is 2. The van der Waals surface area contributed by atoms with Crippen molar-refractivity contribution >= 4 is 43.4 Å². The van der Waals surface area contributed by atoms with E-state index in [1.807, 2.05) is 0 Å². The van der Waals surface area contributed by atoms with Gasteiger partial charge in [-0.05, 0) is 113 Å². The number of hydrogen-bond donors (Lipinski definition) is 0. The molecule has 1 heterocycles. The normalized spacial score (nSPS) is 13.1. The van der Waals surface area contributed by atoms with Crippen LogP contribution in [0, 0.1) is 0 Å². The molecule has 2 heteroatoms. The number of benzene rings is 9. The van der Waals surface area contributed by atoms with E-state index < -0.39 is 0 Å². The molecule has 0 amide bonds. The molecule has 266 valence electrons. The molecule has 0 aliphatic heterocycles. The summed E-state index contributed by atoms with van der Waals surface area (Å²) in [7, 11) is 0. The summed E-state index contributed by atoms with van der Waals surface area (Å²) in [6.07, 6.45) is 0.843. The van der Waals surface area contributed by atoms with Gasteiger partial charge in [-0.25, -0.2) is 4.98 Å². The molecule has 0 unspecified atom stereocenters. The number of rotatable bonds is 5. The Kier molecular flexibility index (Phi) is 7.21. The lowest BCUT2D eigenvalue weighted by molar-refractivity contribution is 0.660. The van der Waals surface area contributed by atoms with Crippen LogP contribution in [-0.4, -0.2) is 9.55 Å². The fraction of sp³-hybridized carbons (Fsp3) is 0.0926. The molecule has 0 atom stereocenters. The van der Waals surface area contributed by atoms with E-state index in [9.17, 15) is 0 Å². The lowest BCUT2D eigenvalue weighted by Crippen LogP contribution is -2.14. The molecular weight excluding hydrogens is 677 g/mol. The molecule has 0 bridgehead atoms. The fourth-order valence-corrected chi connectivity index (χ4v) is 9.73. The zero-order chi connectivity index (χ0) is 37.5. The van der Waals surface area contributed by atoms with E-state index in [0.29, 0.717) is 0 Å². The zero-order valence-electron chi connectivity index (χ0n) is 31.8. The second-order valence-electron chi connectivity index (χ2n) is 15.7. The molecule has 11 rings (SSSR count). The second-order valence-corrected chi connectivity index (χ2v) is 15.7. The van der Waals surface area contributed by atoms with Gasteiger partial charge in [0, 0.05) is 17.2 Å². The van der Waals surface area contributed by atoms with E-state index in [1.54, 1.807) is 0 Å². The first kappa shape index (κ1) is 32.6. The Morgan fingerprint density at radius 3 is 1.89 bits per heavy atom. The van der Waals surface area contributed by atoms with Gasteiger partial charge < -0.3 is 0 Å². The second kappa shape index (κ2) is 12.4. The van der Waals surface area contributed by atoms with E-state index in [4.69, 9.17) is 4.98 Å². The van der Waals surface area contributed by atoms with Gasteiger partial charge in [-0.2, -0.15) is 0 Å². The van der Waals surface area contributed by atoms with Gasteiger partial charge in [-0.15, -0.1) is 0 Å². The molecule has 0 spiro atoms. The SMILES string of the molecule is CCc1nc2ccccc2n1-c1ccc(-c2c3ccccc3c(-c3ccc4c(c3)C(C)(C)c3ccccc3-4)c3ccc(-c4ccccc4)cc23)c2ccccc12. The minimum atomic E-state index is -0.0904. The van der Waals surface area contributed by atoms with Crippen molar-refractivity contribution < 1.29 is 0 Å². The highest BCUT2D eigenvalue weighted by molar-refractivity contribution is 6.24. The number of fused-ring (bicyclic) bond motifs is 7. The molecule has 0 fully saturated rings. The van der Waals surface area contributed by atoms with Crippen molar-refractivity contribution in [1.29, 1.82) is 0 Å². The van der Waals surface area contributed by atoms with E-state index in [2.05, 4.69) is 201 Å². The Morgan fingerprint density at radius 2 is 1.07 bits per heavy atom. The molecule has 1 aromatic heterocycles. The molecule has 0 saturated heterocycles. The van der Waals surface area contributed by atoms with Crippen molar-refractivity contribution in [3.8, 4) is 50.2 Å². The predicted octanol–water partition coefficient (Wildman–Crippen LogP) is 14.4. The third kappa shape index (κ3) is 4.72. The highest BCUT2D eigenvalue weighted by Gasteiger charge is 2.35. The Balaban J connectivity index is 1.22. The average molecular weight is 717 g/mol. The molecule has 1 aliphatic rings. The summed E-state index contributed by atoms with van der Waals surface area (Å²) in [5.74, 6) is 1.07. The van der Waals surface area contributed by atoms with Gasteiger partial charge in [0.25, 0.3) is 0 Å². The topological polar surface area (TPSA) is 17.8 Å². The van der Waals surface area contributed by atoms with Crippen LogP contribution in [0.4, 0.5) is 0 Å². The van der Waals surface area contributed by atoms with Crippen molar-refractivity contribution in [2.75, 3.05) is 0 Å². The van der Waals surface area contributed by atoms with Crippen LogP contribution in [0.25, 0.3) is 93.5 Å². The van der Waals surface area contributed by atoms with Gasteiger partial charge in [0.2, 0.25) is 0 Å². The standard InChI is InChI=1S/C54H40N2/c1-4-51-55-48-24-14-15-25-50(48)56(51)49-31-30-43(37-18-8-9-20-40(37)49)53-42-22-11-10-21-41(42)52(44-29-26-35(32-45(44)53)34-16-6-5-7-17-34)36-27-28-39-38-19-12-13-23-46(38)54(2,3)47(39)33-36/h5-33H,4H2,1-3H3. The zero-order valence-corrected chi connectivity index (χ0v) is 31.8. The Morgan fingerprint density at radius 1 is 0.446 bits per heavy atom. The largest absolute Gasteiger partial charge is 0.296 e. The van der Waals surface area contributed by atoms with Crippen molar-refractivity contribution in [2.24, 2.45) is 0 Å². The first-order chi connectivity index (χ1) is 27.5. The molecule has 0 saturated carbocycles. The number of hydrogen-bond acceptors (Lipinski definition) is 1. The summed E-state index contributed by atoms with van der Waals surface area (Å²) in [6.45, 7) is 6.94. The predicted molar refractivity (Wildman–Crippen MR) is 237 cm³/mol. The summed E-state index contributed by atoms with van der Waals surface area (Å²) < 4.78 is 2.36. The van der Waals surface area contributed by atoms with E-state index in [0.717, 1.165) is 29.0 Å². The van der Waals surface area contributed by atoms with Crippen LogP contribution in [0.2, 0.25) is 0 Å². The first-order valence-electron chi connectivity index (χ1n) is 19.8. The first-order valence-corrected chi connectivity index (χ1v) is 19.8. The van der Waals surface area contributed by atoms with Crippen LogP contribution in [0.3, 0.4) is 0 Å². The Bertz CT molecular complexity index is 3200. The van der Waals surface area contributed by atoms with Gasteiger partial charge >= 0.3 is 0 Å². The van der Waals surface area contributed by atoms with Crippen LogP contribution in [0.5, 0.6) is 0 Å². The van der Waals surface area contributed by atoms with Gasteiger partial charge in [0.15, 0.2) is 0 Å². The fourth-order valence-electron chi connectivity index (χ4n) is 9.73. The van der Waals surface area contributed by atoms with E-state index >= 15 is 0 Å². The van der Waals surface area contributed by atoms with Gasteiger partial charge in [-0.3, -0.25) is 4.57 Å². The van der Waals surface area contributed by atoms with Crippen LogP contribution in [0.15, 0.2) is 176 Å². The van der Waals surface area contributed by atoms with Crippen molar-refractivity contribution in [3.05, 3.63) is 193 Å². The molecule has 1 aliphatic carbocycles. The van der Waals surface area contributed by atoms with Crippen molar-refractivity contribution in [1.82, 2.24) is 9.55 Å². The van der Waals surface area contributed by atoms with Crippen LogP contribution < -0.4 is 0 Å². The monoisotopic (exact) mass is 716 g/mol. The molecule has 2 nitrogen and oxygen atoms in total. The number of para-hydroxylation sites is 2. The number of aromatic nitrogens is 2. The van der Waals surface area contributed by atoms with Crippen LogP contribution in [0.1, 0.15) is 37.7 Å². The van der Waals surface area contributed by atoms with E-state index in [1.165, 1.54) is 88.0 Å². The molecule has 56 heavy (non-hydrogen) atoms. The third-order valence-electron chi connectivity index (χ3n) is 12.4. The summed E-state index contributed by atoms with van der Waals surface area (Å²) >= 11 is 0. The molecule has 9 aromatic carbocycles. The van der Waals surface area contributed by atoms with Crippen molar-refractivity contribution in [3.63, 3.8) is 0 Å². The quantitative estimate of drug-likeness (QED) is 0.162. The van der Waals surface area contributed by atoms with E-state index in [-0.39, 0.29) is 5.41 Å². The maximum absolute atomic E-state index is 5.06. The maximum atomic E-state index is 5.06. The minimum Gasteiger partial charge on any atom is -0.296 e. The summed E-state index contributed by atoms with van der Waals surface area (Å²) in [6, 6.07) is 65.2. The molecule has 0 radical (unpaired) electrons. The number of aryl methyl sites for hydroxylation is 1. The molecule has 0 N–H and O–H groups in total. The number of imidazole rings is 1. The lowest BCUT2D eigenvalue weighted by Gasteiger charge is -2.23. The smallest absolute Gasteiger partial charge is 0.114 e. The molecular formula is C54H40N2. The summed E-state index contributed by atoms with van der Waals surface area (Å²) in [5.41, 5.74) is 16.2. The van der Waals surface area contributed by atoms with Crippen LogP contribution >= 0.6 is 0 Å². The minimum absolute atomic E-state index is 0.0904. The average Bonchev–Trinajstić information content (AvgIpc) is 3.74. The Labute approximate surface area is 327 Å². The van der Waals surface area contributed by atoms with Gasteiger partial charge in [0.05, 0.1) is 16.7 Å². The highest BCUT2D eigenvalue weighted by Crippen LogP contribution is 2.52. The maximum Gasteiger partial charge on any atom is 0.114 e. The highest BCUT2D eigenvalue weighted by atomic mass is 15.1. The third-order valence-corrected chi connectivity index (χ3v) is 12.4. The van der Waals surface area contributed by atoms with Crippen molar-refractivity contribution in [2.45, 2.75) is 32.6 Å². The summed E-state index contributed by atoms with van der Waals surface area (Å²) in [5, 5.41) is 7.47. The van der Waals surface area contributed by atoms with Gasteiger partial charge in [0.1, 0.15) is 5.82 Å². The molecule has 10 aromatic rings. The lowest BCUT2D eigenvalue weighted by atomic mass is 9.80. The van der Waals surface area contributed by atoms with Gasteiger partial charge in [-0.1, -0.05) is 166 Å². The summed E-state index contributed by atoms with van der Waals surface area (Å²) in [4.78, 5) is 5.06.